The number of nitriles is 1. The van der Waals surface area contributed by atoms with Crippen molar-refractivity contribution in [2.24, 2.45) is 0 Å². The van der Waals surface area contributed by atoms with E-state index < -0.39 is 5.97 Å². The van der Waals surface area contributed by atoms with Crippen LogP contribution >= 0.6 is 11.8 Å². The number of carbonyl (C=O) groups is 1. The second kappa shape index (κ2) is 5.29. The normalized spacial score (nSPS) is 9.72. The number of pyridine rings is 2. The topological polar surface area (TPSA) is 86.9 Å². The Morgan fingerprint density at radius 1 is 1.33 bits per heavy atom. The number of aromatic nitrogens is 2. The lowest BCUT2D eigenvalue weighted by atomic mass is 10.3. The lowest BCUT2D eigenvalue weighted by Gasteiger charge is -2.03. The number of carboxylic acid groups (broad SMARTS) is 1. The summed E-state index contributed by atoms with van der Waals surface area (Å²) in [6, 6.07) is 9.95. The van der Waals surface area contributed by atoms with Crippen LogP contribution in [0.3, 0.4) is 0 Å². The van der Waals surface area contributed by atoms with E-state index in [-0.39, 0.29) is 11.3 Å². The van der Waals surface area contributed by atoms with Crippen molar-refractivity contribution in [3.8, 4) is 6.07 Å². The monoisotopic (exact) mass is 257 g/mol. The standard InChI is InChI=1S/C12H7N3O2S/c13-7-8-3-1-5-10(15-8)18-11-9(12(16)17)4-2-6-14-11/h1-6H,(H,16,17). The number of rotatable bonds is 3. The molecule has 0 saturated carbocycles. The molecule has 0 aliphatic rings. The molecule has 2 heterocycles. The molecule has 5 nitrogen and oxygen atoms in total. The van der Waals surface area contributed by atoms with Gasteiger partial charge in [0.2, 0.25) is 0 Å². The van der Waals surface area contributed by atoms with Gasteiger partial charge in [-0.15, -0.1) is 0 Å². The van der Waals surface area contributed by atoms with E-state index in [1.165, 1.54) is 12.3 Å². The van der Waals surface area contributed by atoms with Crippen LogP contribution in [0, 0.1) is 11.3 Å². The molecule has 0 spiro atoms. The van der Waals surface area contributed by atoms with Gasteiger partial charge in [0, 0.05) is 6.20 Å². The van der Waals surface area contributed by atoms with Crippen molar-refractivity contribution in [1.82, 2.24) is 9.97 Å². The van der Waals surface area contributed by atoms with E-state index >= 15 is 0 Å². The highest BCUT2D eigenvalue weighted by molar-refractivity contribution is 7.99. The van der Waals surface area contributed by atoms with Crippen molar-refractivity contribution in [1.29, 1.82) is 5.26 Å². The molecular formula is C12H7N3O2S. The van der Waals surface area contributed by atoms with Crippen LogP contribution in [-0.2, 0) is 0 Å². The fraction of sp³-hybridized carbons (Fsp3) is 0. The van der Waals surface area contributed by atoms with Crippen LogP contribution in [0.25, 0.3) is 0 Å². The zero-order chi connectivity index (χ0) is 13.0. The van der Waals surface area contributed by atoms with Crippen LogP contribution in [0.5, 0.6) is 0 Å². The summed E-state index contributed by atoms with van der Waals surface area (Å²) in [5.41, 5.74) is 0.402. The second-order valence-electron chi connectivity index (χ2n) is 3.24. The van der Waals surface area contributed by atoms with E-state index in [4.69, 9.17) is 10.4 Å². The van der Waals surface area contributed by atoms with E-state index in [0.717, 1.165) is 11.8 Å². The van der Waals surface area contributed by atoms with E-state index in [9.17, 15) is 4.79 Å². The third-order valence-electron chi connectivity index (χ3n) is 2.04. The third kappa shape index (κ3) is 2.64. The first kappa shape index (κ1) is 12.1. The minimum atomic E-state index is -1.04. The first-order chi connectivity index (χ1) is 8.70. The summed E-state index contributed by atoms with van der Waals surface area (Å²) in [4.78, 5) is 19.1. The summed E-state index contributed by atoms with van der Waals surface area (Å²) >= 11 is 1.12. The Labute approximate surface area is 107 Å². The molecule has 1 N–H and O–H groups in total. The molecule has 0 radical (unpaired) electrons. The smallest absolute Gasteiger partial charge is 0.338 e. The number of aromatic carboxylic acids is 1. The van der Waals surface area contributed by atoms with Crippen molar-refractivity contribution < 1.29 is 9.90 Å². The molecule has 0 aliphatic heterocycles. The first-order valence-corrected chi connectivity index (χ1v) is 5.75. The summed E-state index contributed by atoms with van der Waals surface area (Å²) in [5.74, 6) is -1.04. The molecule has 0 saturated heterocycles. The van der Waals surface area contributed by atoms with Crippen LogP contribution in [0.2, 0.25) is 0 Å². The van der Waals surface area contributed by atoms with E-state index in [2.05, 4.69) is 9.97 Å². The first-order valence-electron chi connectivity index (χ1n) is 4.94. The molecule has 0 aliphatic carbocycles. The van der Waals surface area contributed by atoms with E-state index in [1.807, 2.05) is 6.07 Å². The molecule has 0 atom stereocenters. The number of hydrogen-bond donors (Lipinski definition) is 1. The average Bonchev–Trinajstić information content (AvgIpc) is 2.39. The Morgan fingerprint density at radius 2 is 2.17 bits per heavy atom. The summed E-state index contributed by atoms with van der Waals surface area (Å²) in [6.07, 6.45) is 1.52. The lowest BCUT2D eigenvalue weighted by molar-refractivity contribution is 0.0692. The number of hydrogen-bond acceptors (Lipinski definition) is 5. The van der Waals surface area contributed by atoms with Crippen LogP contribution < -0.4 is 0 Å². The highest BCUT2D eigenvalue weighted by Crippen LogP contribution is 2.27. The van der Waals surface area contributed by atoms with Crippen LogP contribution in [0.4, 0.5) is 0 Å². The fourth-order valence-electron chi connectivity index (χ4n) is 1.27. The quantitative estimate of drug-likeness (QED) is 0.906. The highest BCUT2D eigenvalue weighted by atomic mass is 32.2. The maximum absolute atomic E-state index is 11.0. The lowest BCUT2D eigenvalue weighted by Crippen LogP contribution is -2.00. The molecule has 0 fully saturated rings. The summed E-state index contributed by atoms with van der Waals surface area (Å²) in [7, 11) is 0. The molecule has 0 amide bonds. The average molecular weight is 257 g/mol. The van der Waals surface area contributed by atoms with E-state index in [0.29, 0.717) is 10.1 Å². The van der Waals surface area contributed by atoms with Gasteiger partial charge in [0.15, 0.2) is 0 Å². The van der Waals surface area contributed by atoms with Gasteiger partial charge in [0.05, 0.1) is 5.56 Å². The Bertz CT molecular complexity index is 637. The predicted octanol–water partition coefficient (Wildman–Crippen LogP) is 2.20. The van der Waals surface area contributed by atoms with Gasteiger partial charge in [-0.1, -0.05) is 6.07 Å². The number of carboxylic acids is 1. The van der Waals surface area contributed by atoms with Gasteiger partial charge in [-0.3, -0.25) is 0 Å². The summed E-state index contributed by atoms with van der Waals surface area (Å²) in [5, 5.41) is 18.6. The maximum Gasteiger partial charge on any atom is 0.338 e. The minimum Gasteiger partial charge on any atom is -0.478 e. The Balaban J connectivity index is 2.34. The molecule has 6 heteroatoms. The van der Waals surface area contributed by atoms with E-state index in [1.54, 1.807) is 24.3 Å². The number of nitrogens with zero attached hydrogens (tertiary/aromatic N) is 3. The second-order valence-corrected chi connectivity index (χ2v) is 4.25. The Morgan fingerprint density at radius 3 is 2.89 bits per heavy atom. The molecule has 0 unspecified atom stereocenters. The summed E-state index contributed by atoms with van der Waals surface area (Å²) in [6.45, 7) is 0. The molecule has 18 heavy (non-hydrogen) atoms. The molecular weight excluding hydrogens is 250 g/mol. The fourth-order valence-corrected chi connectivity index (χ4v) is 2.14. The van der Waals surface area contributed by atoms with Crippen molar-refractivity contribution in [3.63, 3.8) is 0 Å². The van der Waals surface area contributed by atoms with Gasteiger partial charge in [0.25, 0.3) is 0 Å². The third-order valence-corrected chi connectivity index (χ3v) is 3.00. The summed E-state index contributed by atoms with van der Waals surface area (Å²) < 4.78 is 0. The van der Waals surface area contributed by atoms with Crippen molar-refractivity contribution >= 4 is 17.7 Å². The van der Waals surface area contributed by atoms with Crippen molar-refractivity contribution in [3.05, 3.63) is 47.8 Å². The zero-order valence-corrected chi connectivity index (χ0v) is 9.89. The van der Waals surface area contributed by atoms with Crippen molar-refractivity contribution in [2.45, 2.75) is 10.1 Å². The Hall–Kier alpha value is -2.39. The molecule has 0 bridgehead atoms. The molecule has 2 rings (SSSR count). The molecule has 2 aromatic heterocycles. The zero-order valence-electron chi connectivity index (χ0n) is 9.07. The van der Waals surface area contributed by atoms with Gasteiger partial charge < -0.3 is 5.11 Å². The SMILES string of the molecule is N#Cc1cccc(Sc2ncccc2C(=O)O)n1. The molecule has 0 aromatic carbocycles. The molecule has 88 valence electrons. The van der Waals surface area contributed by atoms with Crippen molar-refractivity contribution in [2.75, 3.05) is 0 Å². The van der Waals surface area contributed by atoms with Gasteiger partial charge in [0.1, 0.15) is 21.8 Å². The largest absolute Gasteiger partial charge is 0.478 e. The predicted molar refractivity (Wildman–Crippen MR) is 64.3 cm³/mol. The molecule has 2 aromatic rings. The van der Waals surface area contributed by atoms with Gasteiger partial charge in [-0.05, 0) is 36.0 Å². The minimum absolute atomic E-state index is 0.117. The van der Waals surface area contributed by atoms with Crippen LogP contribution in [-0.4, -0.2) is 21.0 Å². The highest BCUT2D eigenvalue weighted by Gasteiger charge is 2.12. The van der Waals surface area contributed by atoms with Gasteiger partial charge in [-0.25, -0.2) is 14.8 Å². The van der Waals surface area contributed by atoms with Gasteiger partial charge in [-0.2, -0.15) is 5.26 Å². The maximum atomic E-state index is 11.0. The van der Waals surface area contributed by atoms with Crippen LogP contribution in [0.1, 0.15) is 16.1 Å². The Kier molecular flexibility index (Phi) is 3.55. The van der Waals surface area contributed by atoms with Gasteiger partial charge >= 0.3 is 5.97 Å². The van der Waals surface area contributed by atoms with Crippen LogP contribution in [0.15, 0.2) is 46.6 Å².